The minimum Gasteiger partial charge on any atom is -0.418 e. The average molecular weight is 449 g/mol. The lowest BCUT2D eigenvalue weighted by Crippen LogP contribution is -2.41. The number of ether oxygens (including phenoxy) is 1. The molecule has 1 atom stereocenters. The predicted octanol–water partition coefficient (Wildman–Crippen LogP) is 4.64. The Morgan fingerprint density at radius 1 is 1.00 bits per heavy atom. The molecule has 3 aliphatic heterocycles. The third-order valence-corrected chi connectivity index (χ3v) is 7.18. The van der Waals surface area contributed by atoms with Crippen LogP contribution in [0.4, 0.5) is 5.69 Å². The van der Waals surface area contributed by atoms with Gasteiger partial charge in [-0.25, -0.2) is 9.97 Å². The lowest BCUT2D eigenvalue weighted by Gasteiger charge is -2.27. The highest BCUT2D eigenvalue weighted by molar-refractivity contribution is 8.04. The summed E-state index contributed by atoms with van der Waals surface area (Å²) in [5.74, 6) is 0.778. The van der Waals surface area contributed by atoms with Crippen molar-refractivity contribution in [2.75, 3.05) is 5.32 Å². The molecule has 7 nitrogen and oxygen atoms in total. The predicted molar refractivity (Wildman–Crippen MR) is 127 cm³/mol. The van der Waals surface area contributed by atoms with Gasteiger partial charge in [0.2, 0.25) is 16.7 Å². The van der Waals surface area contributed by atoms with E-state index < -0.39 is 4.87 Å². The Labute approximate surface area is 192 Å². The number of carbonyl (C=O) groups is 1. The first-order valence-electron chi connectivity index (χ1n) is 10.4. The third kappa shape index (κ3) is 2.52. The van der Waals surface area contributed by atoms with Crippen LogP contribution in [0.5, 0.6) is 0 Å². The monoisotopic (exact) mass is 449 g/mol. The summed E-state index contributed by atoms with van der Waals surface area (Å²) in [6, 6.07) is 23.4. The number of fused-ring (bicyclic) bond motifs is 5. The van der Waals surface area contributed by atoms with E-state index in [4.69, 9.17) is 14.8 Å². The molecule has 1 N–H and O–H groups in total. The van der Waals surface area contributed by atoms with Crippen molar-refractivity contribution in [3.8, 4) is 11.3 Å². The number of rotatable bonds is 2. The van der Waals surface area contributed by atoms with Crippen LogP contribution in [-0.2, 0) is 14.4 Å². The van der Waals surface area contributed by atoms with Gasteiger partial charge in [0, 0.05) is 33.8 Å². The van der Waals surface area contributed by atoms with Crippen LogP contribution in [0.1, 0.15) is 11.1 Å². The molecule has 0 radical (unpaired) electrons. The lowest BCUT2D eigenvalue weighted by molar-refractivity contribution is -0.121. The van der Waals surface area contributed by atoms with E-state index in [-0.39, 0.29) is 5.91 Å². The standard InChI is InChI=1S/C25H15N5O2S/c31-24-25(18-10-4-5-11-19(18)27-24)30-20(14-33-25)32-23(29-30)17-13-16-9-6-12-26-22(16)28-21(17)15-7-2-1-3-8-15/h1-14H,(H,27,31). The fraction of sp³-hybridized carbons (Fsp3) is 0.0400. The van der Waals surface area contributed by atoms with Crippen LogP contribution < -0.4 is 5.32 Å². The molecule has 2 aromatic carbocycles. The van der Waals surface area contributed by atoms with E-state index in [1.54, 1.807) is 11.2 Å². The van der Waals surface area contributed by atoms with Gasteiger partial charge in [0.1, 0.15) is 0 Å². The third-order valence-electron chi connectivity index (χ3n) is 5.94. The van der Waals surface area contributed by atoms with Crippen LogP contribution >= 0.6 is 11.8 Å². The molecular formula is C25H15N5O2S. The summed E-state index contributed by atoms with van der Waals surface area (Å²) < 4.78 is 6.21. The molecule has 2 aromatic heterocycles. The van der Waals surface area contributed by atoms with Gasteiger partial charge in [-0.3, -0.25) is 4.79 Å². The molecule has 0 saturated carbocycles. The first-order valence-corrected chi connectivity index (χ1v) is 11.3. The van der Waals surface area contributed by atoms with Crippen molar-refractivity contribution in [3.05, 3.63) is 101 Å². The van der Waals surface area contributed by atoms with Crippen molar-refractivity contribution in [2.24, 2.45) is 5.10 Å². The highest BCUT2D eigenvalue weighted by Crippen LogP contribution is 2.56. The zero-order valence-corrected chi connectivity index (χ0v) is 17.9. The van der Waals surface area contributed by atoms with Crippen molar-refractivity contribution in [1.29, 1.82) is 0 Å². The van der Waals surface area contributed by atoms with Gasteiger partial charge in [0.15, 0.2) is 5.65 Å². The number of aromatic nitrogens is 2. The largest absolute Gasteiger partial charge is 0.418 e. The summed E-state index contributed by atoms with van der Waals surface area (Å²) in [4.78, 5) is 21.4. The Morgan fingerprint density at radius 3 is 2.76 bits per heavy atom. The Kier molecular flexibility index (Phi) is 3.72. The number of nitrogens with zero attached hydrogens (tertiary/aromatic N) is 4. The van der Waals surface area contributed by atoms with Gasteiger partial charge >= 0.3 is 0 Å². The summed E-state index contributed by atoms with van der Waals surface area (Å²) in [5.41, 5.74) is 4.69. The second-order valence-electron chi connectivity index (χ2n) is 7.84. The number of carbonyl (C=O) groups excluding carboxylic acids is 1. The van der Waals surface area contributed by atoms with Gasteiger partial charge in [0.05, 0.1) is 11.3 Å². The normalized spacial score (nSPS) is 20.4. The van der Waals surface area contributed by atoms with Gasteiger partial charge in [-0.1, -0.05) is 60.3 Å². The number of benzene rings is 2. The van der Waals surface area contributed by atoms with E-state index >= 15 is 0 Å². The van der Waals surface area contributed by atoms with Crippen LogP contribution in [0.3, 0.4) is 0 Å². The molecule has 8 heteroatoms. The number of hydrazone groups is 1. The zero-order valence-electron chi connectivity index (χ0n) is 17.1. The second kappa shape index (κ2) is 6.66. The molecule has 7 rings (SSSR count). The quantitative estimate of drug-likeness (QED) is 0.480. The topological polar surface area (TPSA) is 79.7 Å². The highest BCUT2D eigenvalue weighted by Gasteiger charge is 2.58. The molecule has 0 bridgehead atoms. The summed E-state index contributed by atoms with van der Waals surface area (Å²) in [6.45, 7) is 0. The number of pyridine rings is 2. The maximum absolute atomic E-state index is 13.2. The van der Waals surface area contributed by atoms with Crippen molar-refractivity contribution < 1.29 is 9.53 Å². The number of hydrogen-bond donors (Lipinski definition) is 1. The molecule has 1 spiro atoms. The Balaban J connectivity index is 1.41. The van der Waals surface area contributed by atoms with Gasteiger partial charge in [-0.2, -0.15) is 5.01 Å². The maximum atomic E-state index is 13.2. The van der Waals surface area contributed by atoms with Gasteiger partial charge in [0.25, 0.3) is 5.91 Å². The Hall–Kier alpha value is -4.17. The molecule has 158 valence electrons. The van der Waals surface area contributed by atoms with E-state index in [0.717, 1.165) is 33.5 Å². The van der Waals surface area contributed by atoms with E-state index in [9.17, 15) is 4.79 Å². The van der Waals surface area contributed by atoms with Crippen LogP contribution in [-0.4, -0.2) is 26.8 Å². The van der Waals surface area contributed by atoms with Crippen molar-refractivity contribution in [2.45, 2.75) is 4.87 Å². The van der Waals surface area contributed by atoms with Crippen LogP contribution in [0.25, 0.3) is 22.3 Å². The van der Waals surface area contributed by atoms with Crippen molar-refractivity contribution in [3.63, 3.8) is 0 Å². The second-order valence-corrected chi connectivity index (χ2v) is 8.90. The average Bonchev–Trinajstić information content (AvgIpc) is 3.52. The van der Waals surface area contributed by atoms with Crippen LogP contribution in [0.2, 0.25) is 0 Å². The Bertz CT molecular complexity index is 1530. The summed E-state index contributed by atoms with van der Waals surface area (Å²) in [5, 5.41) is 12.2. The molecule has 3 aliphatic rings. The molecule has 0 fully saturated rings. The molecule has 5 heterocycles. The zero-order chi connectivity index (χ0) is 22.0. The van der Waals surface area contributed by atoms with E-state index in [1.807, 2.05) is 78.2 Å². The van der Waals surface area contributed by atoms with Crippen molar-refractivity contribution in [1.82, 2.24) is 15.0 Å². The fourth-order valence-electron chi connectivity index (χ4n) is 4.43. The van der Waals surface area contributed by atoms with E-state index in [1.165, 1.54) is 11.8 Å². The number of para-hydroxylation sites is 1. The lowest BCUT2D eigenvalue weighted by atomic mass is 10.0. The van der Waals surface area contributed by atoms with Gasteiger partial charge < -0.3 is 10.1 Å². The maximum Gasteiger partial charge on any atom is 0.268 e. The molecule has 33 heavy (non-hydrogen) atoms. The first kappa shape index (κ1) is 18.4. The number of anilines is 1. The Morgan fingerprint density at radius 2 is 1.85 bits per heavy atom. The molecule has 1 unspecified atom stereocenters. The minimum absolute atomic E-state index is 0.141. The fourth-order valence-corrected chi connectivity index (χ4v) is 5.54. The van der Waals surface area contributed by atoms with Crippen LogP contribution in [0, 0.1) is 0 Å². The number of hydrogen-bond acceptors (Lipinski definition) is 7. The summed E-state index contributed by atoms with van der Waals surface area (Å²) in [7, 11) is 0. The number of amides is 1. The molecule has 0 aliphatic carbocycles. The molecular weight excluding hydrogens is 434 g/mol. The first-order chi connectivity index (χ1) is 16.2. The summed E-state index contributed by atoms with van der Waals surface area (Å²) >= 11 is 1.39. The van der Waals surface area contributed by atoms with Gasteiger partial charge in [-0.15, -0.1) is 5.10 Å². The van der Waals surface area contributed by atoms with Crippen molar-refractivity contribution >= 4 is 40.3 Å². The smallest absolute Gasteiger partial charge is 0.268 e. The van der Waals surface area contributed by atoms with E-state index in [2.05, 4.69) is 10.3 Å². The SMILES string of the molecule is O=C1Nc2ccccc2C12SC=C1OC(c3cc4cccnc4nc3-c3ccccc3)=NN12. The molecule has 0 saturated heterocycles. The van der Waals surface area contributed by atoms with Crippen LogP contribution in [0.15, 0.2) is 95.4 Å². The molecule has 4 aromatic rings. The van der Waals surface area contributed by atoms with E-state index in [0.29, 0.717) is 17.4 Å². The number of thioether (sulfide) groups is 1. The molecule has 1 amide bonds. The summed E-state index contributed by atoms with van der Waals surface area (Å²) in [6.07, 6.45) is 1.73. The van der Waals surface area contributed by atoms with Gasteiger partial charge in [-0.05, 0) is 24.3 Å². The highest BCUT2D eigenvalue weighted by atomic mass is 32.2. The minimum atomic E-state index is -1.02. The number of nitrogens with one attached hydrogen (secondary N) is 1.